The molecule has 1 aromatic carbocycles. The first-order chi connectivity index (χ1) is 11.6. The van der Waals surface area contributed by atoms with Gasteiger partial charge in [0.05, 0.1) is 11.3 Å². The van der Waals surface area contributed by atoms with Crippen LogP contribution in [0.3, 0.4) is 0 Å². The lowest BCUT2D eigenvalue weighted by molar-refractivity contribution is 0.0958. The fraction of sp³-hybridized carbons (Fsp3) is 0.0556. The fourth-order valence-electron chi connectivity index (χ4n) is 2.24. The zero-order valence-corrected chi connectivity index (χ0v) is 14.4. The van der Waals surface area contributed by atoms with E-state index in [2.05, 4.69) is 37.9 Å². The molecule has 2 heterocycles. The van der Waals surface area contributed by atoms with Gasteiger partial charge in [-0.05, 0) is 24.3 Å². The lowest BCUT2D eigenvalue weighted by atomic mass is 10.1. The van der Waals surface area contributed by atoms with Crippen LogP contribution in [0, 0.1) is 0 Å². The number of carbonyl (C=O) groups is 1. The summed E-state index contributed by atoms with van der Waals surface area (Å²) in [5.74, 6) is -0.211. The summed E-state index contributed by atoms with van der Waals surface area (Å²) < 4.78 is 2.40. The van der Waals surface area contributed by atoms with Gasteiger partial charge in [-0.1, -0.05) is 40.7 Å². The van der Waals surface area contributed by atoms with Crippen molar-refractivity contribution in [3.05, 3.63) is 77.7 Å². The van der Waals surface area contributed by atoms with Crippen molar-refractivity contribution < 1.29 is 4.79 Å². The van der Waals surface area contributed by atoms with Gasteiger partial charge in [-0.25, -0.2) is 4.68 Å². The number of hydrogen-bond acceptors (Lipinski definition) is 3. The molecule has 1 amide bonds. The molecule has 0 spiro atoms. The molecule has 0 saturated carbocycles. The summed E-state index contributed by atoms with van der Waals surface area (Å²) in [4.78, 5) is 16.7. The maximum absolute atomic E-state index is 12.5. The SMILES string of the molecule is C=C(Br)CNC(=O)c1cn(-c2ccccc2)nc1-c1cccnc1. The Kier molecular flexibility index (Phi) is 4.86. The van der Waals surface area contributed by atoms with Gasteiger partial charge in [-0.15, -0.1) is 0 Å². The van der Waals surface area contributed by atoms with E-state index in [1.807, 2.05) is 42.5 Å². The first kappa shape index (κ1) is 16.1. The van der Waals surface area contributed by atoms with Crippen LogP contribution >= 0.6 is 15.9 Å². The number of amides is 1. The maximum Gasteiger partial charge on any atom is 0.255 e. The third-order valence-corrected chi connectivity index (χ3v) is 3.64. The molecule has 1 N–H and O–H groups in total. The molecule has 0 bridgehead atoms. The van der Waals surface area contributed by atoms with Crippen LogP contribution in [0.15, 0.2) is 72.1 Å². The van der Waals surface area contributed by atoms with Crippen molar-refractivity contribution in [2.45, 2.75) is 0 Å². The summed E-state index contributed by atoms with van der Waals surface area (Å²) in [7, 11) is 0. The number of aromatic nitrogens is 3. The minimum atomic E-state index is -0.211. The number of nitrogens with zero attached hydrogens (tertiary/aromatic N) is 3. The Hall–Kier alpha value is -2.73. The molecule has 0 unspecified atom stereocenters. The lowest BCUT2D eigenvalue weighted by Crippen LogP contribution is -2.24. The van der Waals surface area contributed by atoms with Crippen molar-refractivity contribution in [1.29, 1.82) is 0 Å². The molecule has 0 atom stereocenters. The summed E-state index contributed by atoms with van der Waals surface area (Å²) in [5, 5.41) is 7.39. The van der Waals surface area contributed by atoms with Crippen LogP contribution in [0.2, 0.25) is 0 Å². The minimum absolute atomic E-state index is 0.211. The number of benzene rings is 1. The number of pyridine rings is 1. The zero-order valence-electron chi connectivity index (χ0n) is 12.8. The van der Waals surface area contributed by atoms with Crippen LogP contribution < -0.4 is 5.32 Å². The van der Waals surface area contributed by atoms with Crippen LogP contribution in [0.25, 0.3) is 16.9 Å². The summed E-state index contributed by atoms with van der Waals surface area (Å²) in [5.41, 5.74) is 2.74. The summed E-state index contributed by atoms with van der Waals surface area (Å²) in [6, 6.07) is 13.3. The second-order valence-corrected chi connectivity index (χ2v) is 6.23. The molecule has 120 valence electrons. The quantitative estimate of drug-likeness (QED) is 0.733. The first-order valence-corrected chi connectivity index (χ1v) is 8.11. The molecule has 6 heteroatoms. The molecule has 24 heavy (non-hydrogen) atoms. The first-order valence-electron chi connectivity index (χ1n) is 7.32. The highest BCUT2D eigenvalue weighted by atomic mass is 79.9. The average molecular weight is 383 g/mol. The second-order valence-electron chi connectivity index (χ2n) is 5.11. The number of carbonyl (C=O) groups excluding carboxylic acids is 1. The Morgan fingerprint density at radius 2 is 2.00 bits per heavy atom. The van der Waals surface area contributed by atoms with Crippen LogP contribution in [0.1, 0.15) is 10.4 Å². The van der Waals surface area contributed by atoms with Crippen molar-refractivity contribution in [2.75, 3.05) is 6.54 Å². The van der Waals surface area contributed by atoms with E-state index in [0.29, 0.717) is 22.3 Å². The molecular weight excluding hydrogens is 368 g/mol. The molecule has 0 aliphatic heterocycles. The van der Waals surface area contributed by atoms with Crippen LogP contribution in [0.5, 0.6) is 0 Å². The van der Waals surface area contributed by atoms with E-state index in [4.69, 9.17) is 0 Å². The van der Waals surface area contributed by atoms with Gasteiger partial charge in [0.2, 0.25) is 0 Å². The molecule has 2 aromatic heterocycles. The number of nitrogens with one attached hydrogen (secondary N) is 1. The highest BCUT2D eigenvalue weighted by Crippen LogP contribution is 2.23. The maximum atomic E-state index is 12.5. The van der Waals surface area contributed by atoms with Gasteiger partial charge in [0.25, 0.3) is 5.91 Å². The van der Waals surface area contributed by atoms with Crippen LogP contribution in [-0.2, 0) is 0 Å². The van der Waals surface area contributed by atoms with E-state index >= 15 is 0 Å². The molecule has 3 rings (SSSR count). The van der Waals surface area contributed by atoms with Crippen molar-refractivity contribution in [2.24, 2.45) is 0 Å². The van der Waals surface area contributed by atoms with E-state index in [1.54, 1.807) is 23.3 Å². The van der Waals surface area contributed by atoms with Gasteiger partial charge in [-0.3, -0.25) is 9.78 Å². The lowest BCUT2D eigenvalue weighted by Gasteiger charge is -2.04. The number of halogens is 1. The molecule has 3 aromatic rings. The third kappa shape index (κ3) is 3.60. The van der Waals surface area contributed by atoms with E-state index in [1.165, 1.54) is 0 Å². The van der Waals surface area contributed by atoms with Crippen molar-refractivity contribution in [3.63, 3.8) is 0 Å². The summed E-state index contributed by atoms with van der Waals surface area (Å²) in [6.45, 7) is 4.07. The smallest absolute Gasteiger partial charge is 0.255 e. The molecule has 0 fully saturated rings. The Labute approximate surface area is 148 Å². The van der Waals surface area contributed by atoms with Crippen molar-refractivity contribution in [1.82, 2.24) is 20.1 Å². The van der Waals surface area contributed by atoms with Gasteiger partial charge in [0.15, 0.2) is 0 Å². The Bertz CT molecular complexity index is 859. The van der Waals surface area contributed by atoms with E-state index < -0.39 is 0 Å². The monoisotopic (exact) mass is 382 g/mol. The fourth-order valence-corrected chi connectivity index (χ4v) is 2.38. The molecule has 0 aliphatic carbocycles. The minimum Gasteiger partial charge on any atom is -0.347 e. The second kappa shape index (κ2) is 7.23. The van der Waals surface area contributed by atoms with Crippen molar-refractivity contribution in [3.8, 4) is 16.9 Å². The highest BCUT2D eigenvalue weighted by molar-refractivity contribution is 9.11. The molecular formula is C18H15BrN4O. The summed E-state index contributed by atoms with van der Waals surface area (Å²) >= 11 is 3.24. The molecule has 0 aliphatic rings. The molecule has 0 radical (unpaired) electrons. The van der Waals surface area contributed by atoms with Gasteiger partial charge in [-0.2, -0.15) is 5.10 Å². The molecule has 5 nitrogen and oxygen atoms in total. The zero-order chi connectivity index (χ0) is 16.9. The standard InChI is InChI=1S/C18H15BrN4O/c1-13(19)10-21-18(24)16-12-23(15-7-3-2-4-8-15)22-17(16)14-6-5-9-20-11-14/h2-9,11-12H,1,10H2,(H,21,24). The number of para-hydroxylation sites is 1. The third-order valence-electron chi connectivity index (χ3n) is 3.36. The van der Waals surface area contributed by atoms with E-state index in [-0.39, 0.29) is 5.91 Å². The predicted octanol–water partition coefficient (Wildman–Crippen LogP) is 3.57. The highest BCUT2D eigenvalue weighted by Gasteiger charge is 2.18. The van der Waals surface area contributed by atoms with Crippen LogP contribution in [-0.4, -0.2) is 27.2 Å². The van der Waals surface area contributed by atoms with Gasteiger partial charge >= 0.3 is 0 Å². The topological polar surface area (TPSA) is 59.8 Å². The van der Waals surface area contributed by atoms with Crippen LogP contribution in [0.4, 0.5) is 0 Å². The van der Waals surface area contributed by atoms with Gasteiger partial charge < -0.3 is 5.32 Å². The summed E-state index contributed by atoms with van der Waals surface area (Å²) in [6.07, 6.45) is 5.11. The van der Waals surface area contributed by atoms with Gasteiger partial charge in [0.1, 0.15) is 5.69 Å². The molecule has 0 saturated heterocycles. The largest absolute Gasteiger partial charge is 0.347 e. The average Bonchev–Trinajstić information content (AvgIpc) is 3.06. The van der Waals surface area contributed by atoms with Crippen molar-refractivity contribution >= 4 is 21.8 Å². The normalized spacial score (nSPS) is 10.4. The Morgan fingerprint density at radius 1 is 1.21 bits per heavy atom. The predicted molar refractivity (Wildman–Crippen MR) is 97.2 cm³/mol. The number of rotatable bonds is 5. The number of hydrogen-bond donors (Lipinski definition) is 1. The van der Waals surface area contributed by atoms with E-state index in [0.717, 1.165) is 11.3 Å². The Balaban J connectivity index is 2.03. The Morgan fingerprint density at radius 3 is 2.67 bits per heavy atom. The van der Waals surface area contributed by atoms with Gasteiger partial charge in [0, 0.05) is 35.2 Å². The van der Waals surface area contributed by atoms with E-state index in [9.17, 15) is 4.79 Å².